The van der Waals surface area contributed by atoms with E-state index in [1.54, 1.807) is 16.2 Å². The van der Waals surface area contributed by atoms with Crippen molar-refractivity contribution in [2.24, 2.45) is 11.8 Å². The minimum absolute atomic E-state index is 0.00972. The molecule has 3 aromatic carbocycles. The number of thiazole rings is 1. The number of anilines is 2. The fourth-order valence-electron chi connectivity index (χ4n) is 13.5. The van der Waals surface area contributed by atoms with Gasteiger partial charge in [-0.3, -0.25) is 19.5 Å². The molecule has 0 saturated carbocycles. The number of amides is 2. The Morgan fingerprint density at radius 3 is 2.42 bits per heavy atom. The number of nitrogens with one attached hydrogen (secondary N) is 2. The fraction of sp³-hybridized carbons (Fsp3) is 0.476. The summed E-state index contributed by atoms with van der Waals surface area (Å²) < 4.78 is 44.4. The van der Waals surface area contributed by atoms with Gasteiger partial charge in [0.05, 0.1) is 38.7 Å². The van der Waals surface area contributed by atoms with E-state index in [0.717, 1.165) is 66.9 Å². The van der Waals surface area contributed by atoms with Crippen LogP contribution in [0.4, 0.5) is 20.4 Å². The summed E-state index contributed by atoms with van der Waals surface area (Å²) in [7, 11) is 0. The van der Waals surface area contributed by atoms with Crippen LogP contribution >= 0.6 is 11.3 Å². The number of piperazine rings is 1. The SMILES string of the molecule is C#Cc1c(F)ccc2cc(O)cc(-c3ncc4c(N5CC6CCC(C5)N6)nc(OCCN5CCC(O)(CC6CCN(c7cc([C@H](C(=O)N8CCC[C@H]8C(=O)N[C@@H](C)c8ccc(-c9scnc9C)cc8)C(C)C)on7)CC6)CC5)nc4c3F)c12. The Balaban J connectivity index is 0.643. The number of aryl methyl sites for hydroxylation is 1. The van der Waals surface area contributed by atoms with Crippen LogP contribution < -0.4 is 25.2 Å². The van der Waals surface area contributed by atoms with Crippen molar-refractivity contribution in [3.63, 3.8) is 0 Å². The van der Waals surface area contributed by atoms with Crippen molar-refractivity contribution < 1.29 is 37.8 Å². The summed E-state index contributed by atoms with van der Waals surface area (Å²) >= 11 is 1.61. The molecular formula is C63H71F2N11O6S. The highest BCUT2D eigenvalue weighted by atomic mass is 32.1. The maximum Gasteiger partial charge on any atom is 0.319 e. The number of phenols is 1. The van der Waals surface area contributed by atoms with Gasteiger partial charge in [0.1, 0.15) is 47.2 Å². The summed E-state index contributed by atoms with van der Waals surface area (Å²) in [5.74, 6) is 1.89. The second-order valence-corrected chi connectivity index (χ2v) is 24.7. The van der Waals surface area contributed by atoms with Gasteiger partial charge in [0.2, 0.25) is 11.8 Å². The Morgan fingerprint density at radius 2 is 1.71 bits per heavy atom. The number of benzene rings is 3. The van der Waals surface area contributed by atoms with E-state index in [0.29, 0.717) is 99.0 Å². The van der Waals surface area contributed by atoms with E-state index in [1.165, 1.54) is 30.5 Å². The molecule has 20 heteroatoms. The number of halogens is 2. The monoisotopic (exact) mass is 1150 g/mol. The minimum atomic E-state index is -0.804. The number of rotatable bonds is 16. The highest BCUT2D eigenvalue weighted by Gasteiger charge is 2.42. The van der Waals surface area contributed by atoms with Crippen LogP contribution in [0.25, 0.3) is 43.4 Å². The number of carbonyl (C=O) groups excluding carboxylic acids is 2. The zero-order chi connectivity index (χ0) is 57.7. The number of nitrogens with zero attached hydrogens (tertiary/aromatic N) is 9. The predicted molar refractivity (Wildman–Crippen MR) is 315 cm³/mol. The van der Waals surface area contributed by atoms with E-state index in [4.69, 9.17) is 20.7 Å². The summed E-state index contributed by atoms with van der Waals surface area (Å²) in [6.45, 7) is 13.4. The largest absolute Gasteiger partial charge is 0.508 e. The van der Waals surface area contributed by atoms with Crippen LogP contribution in [0.2, 0.25) is 0 Å². The van der Waals surface area contributed by atoms with Gasteiger partial charge in [0.15, 0.2) is 17.4 Å². The molecule has 2 amide bonds. The Bertz CT molecular complexity index is 3580. The Morgan fingerprint density at radius 1 is 0.952 bits per heavy atom. The first-order valence-electron chi connectivity index (χ1n) is 29.3. The van der Waals surface area contributed by atoms with Gasteiger partial charge in [-0.15, -0.1) is 17.8 Å². The van der Waals surface area contributed by atoms with Crippen LogP contribution in [0.5, 0.6) is 11.8 Å². The summed E-state index contributed by atoms with van der Waals surface area (Å²) in [5.41, 5.74) is 4.04. The Hall–Kier alpha value is -7.31. The molecule has 5 atom stereocenters. The topological polar surface area (TPSA) is 198 Å². The quantitative estimate of drug-likeness (QED) is 0.0667. The zero-order valence-electron chi connectivity index (χ0n) is 47.4. The molecule has 5 aliphatic rings. The number of terminal acetylenes is 1. The molecule has 17 nitrogen and oxygen atoms in total. The Labute approximate surface area is 485 Å². The second kappa shape index (κ2) is 23.4. The average molecular weight is 1150 g/mol. The van der Waals surface area contributed by atoms with Gasteiger partial charge >= 0.3 is 6.01 Å². The van der Waals surface area contributed by atoms with E-state index in [-0.39, 0.29) is 81.9 Å². The van der Waals surface area contributed by atoms with E-state index in [2.05, 4.69) is 63.5 Å². The number of aromatic hydroxyl groups is 1. The molecule has 2 bridgehead atoms. The molecule has 5 saturated heterocycles. The van der Waals surface area contributed by atoms with Crippen LogP contribution in [0.15, 0.2) is 70.8 Å². The highest BCUT2D eigenvalue weighted by Crippen LogP contribution is 2.41. The van der Waals surface area contributed by atoms with Crippen LogP contribution in [-0.4, -0.2) is 140 Å². The van der Waals surface area contributed by atoms with Crippen LogP contribution in [0.1, 0.15) is 113 Å². The molecule has 4 aromatic heterocycles. The van der Waals surface area contributed by atoms with E-state index in [9.17, 15) is 19.8 Å². The molecule has 4 N–H and O–H groups in total. The number of aromatic nitrogens is 5. The number of hydrogen-bond acceptors (Lipinski definition) is 16. The molecule has 0 radical (unpaired) electrons. The van der Waals surface area contributed by atoms with Gasteiger partial charge in [-0.25, -0.2) is 13.8 Å². The molecule has 7 aromatic rings. The lowest BCUT2D eigenvalue weighted by molar-refractivity contribution is -0.141. The molecule has 9 heterocycles. The van der Waals surface area contributed by atoms with Gasteiger partial charge in [-0.05, 0) is 118 Å². The summed E-state index contributed by atoms with van der Waals surface area (Å²) in [5, 5.41) is 35.1. The van der Waals surface area contributed by atoms with Crippen molar-refractivity contribution in [3.8, 4) is 45.8 Å². The number of phenolic OH excluding ortho intramolecular Hbond substituents is 1. The molecular weight excluding hydrogens is 1080 g/mol. The first kappa shape index (κ1) is 56.2. The number of aliphatic hydroxyl groups is 1. The van der Waals surface area contributed by atoms with Gasteiger partial charge in [-0.1, -0.05) is 55.3 Å². The van der Waals surface area contributed by atoms with Crippen LogP contribution in [0.3, 0.4) is 0 Å². The van der Waals surface area contributed by atoms with Crippen molar-refractivity contribution in [2.45, 2.75) is 121 Å². The average Bonchev–Trinajstić information content (AvgIpc) is 4.20. The van der Waals surface area contributed by atoms with Crippen molar-refractivity contribution in [2.75, 3.05) is 68.8 Å². The second-order valence-electron chi connectivity index (χ2n) is 23.9. The number of likely N-dealkylation sites (tertiary alicyclic amines) is 2. The fourth-order valence-corrected chi connectivity index (χ4v) is 14.3. The first-order chi connectivity index (χ1) is 40.1. The van der Waals surface area contributed by atoms with Crippen molar-refractivity contribution in [1.29, 1.82) is 0 Å². The van der Waals surface area contributed by atoms with E-state index < -0.39 is 29.2 Å². The minimum Gasteiger partial charge on any atom is -0.508 e. The summed E-state index contributed by atoms with van der Waals surface area (Å²) in [4.78, 5) is 56.1. The lowest BCUT2D eigenvalue weighted by Crippen LogP contribution is -2.51. The predicted octanol–water partition coefficient (Wildman–Crippen LogP) is 9.29. The third kappa shape index (κ3) is 11.4. The van der Waals surface area contributed by atoms with Gasteiger partial charge < -0.3 is 44.8 Å². The number of fused-ring (bicyclic) bond motifs is 4. The normalized spacial score (nSPS) is 21.0. The van der Waals surface area contributed by atoms with Crippen molar-refractivity contribution in [3.05, 3.63) is 101 Å². The first-order valence-corrected chi connectivity index (χ1v) is 30.2. The molecule has 0 aliphatic carbocycles. The maximum absolute atomic E-state index is 17.1. The third-order valence-corrected chi connectivity index (χ3v) is 19.0. The number of ether oxygens (including phenoxy) is 1. The van der Waals surface area contributed by atoms with Crippen molar-refractivity contribution in [1.82, 2.24) is 45.5 Å². The smallest absolute Gasteiger partial charge is 0.319 e. The van der Waals surface area contributed by atoms with E-state index >= 15 is 8.78 Å². The molecule has 12 rings (SSSR count). The highest BCUT2D eigenvalue weighted by molar-refractivity contribution is 7.13. The zero-order valence-corrected chi connectivity index (χ0v) is 48.2. The molecule has 83 heavy (non-hydrogen) atoms. The van der Waals surface area contributed by atoms with Gasteiger partial charge in [-0.2, -0.15) is 9.97 Å². The molecule has 0 spiro atoms. The third-order valence-electron chi connectivity index (χ3n) is 18.0. The van der Waals surface area contributed by atoms with Crippen LogP contribution in [0, 0.1) is 42.7 Å². The standard InChI is InChI=1S/C63H71F2N11O6S/c1-6-46-49(64)16-13-42-28-45(77)29-47(54(42)46)56-55(65)57-48(32-66-56)59(75-33-43-14-15-44(34-75)69-43)71-62(70-57)81-27-26-73-24-19-63(80,20-25-73)31-39-17-22-74(23-18-39)52-30-51(82-72-52)53(36(2)3)61(79)76-21-7-8-50(76)60(78)68-37(4)40-9-11-41(12-10-40)58-38(5)67-35-83-58/h1,9-13,16,28-30,32,35-37,39,43-44,50,53,69,77,80H,7-8,14-15,17-27,31,33-34H2,2-5H3,(H,68,78)/t37-,43?,44?,50-,53+/m0/s1. The maximum atomic E-state index is 17.1. The van der Waals surface area contributed by atoms with Gasteiger partial charge in [0.25, 0.3) is 0 Å². The number of hydrogen-bond donors (Lipinski definition) is 4. The number of carbonyl (C=O) groups is 2. The van der Waals surface area contributed by atoms with E-state index in [1.807, 2.05) is 51.4 Å². The molecule has 2 unspecified atom stereocenters. The molecule has 5 aliphatic heterocycles. The van der Waals surface area contributed by atoms with Gasteiger partial charge in [0, 0.05) is 87.7 Å². The summed E-state index contributed by atoms with van der Waals surface area (Å²) in [6, 6.07) is 15.3. The Kier molecular flexibility index (Phi) is 15.8. The lowest BCUT2D eigenvalue weighted by Gasteiger charge is -2.41. The number of piperidine rings is 2. The summed E-state index contributed by atoms with van der Waals surface area (Å²) in [6.07, 6.45) is 14.4. The molecule has 434 valence electrons. The number of pyridine rings is 1. The van der Waals surface area contributed by atoms with Crippen LogP contribution in [-0.2, 0) is 9.59 Å². The molecule has 5 fully saturated rings. The lowest BCUT2D eigenvalue weighted by atomic mass is 9.79. The van der Waals surface area contributed by atoms with Crippen molar-refractivity contribution >= 4 is 56.5 Å².